The van der Waals surface area contributed by atoms with Gasteiger partial charge in [-0.05, 0) is 43.5 Å². The van der Waals surface area contributed by atoms with Crippen LogP contribution in [0.1, 0.15) is 18.5 Å². The van der Waals surface area contributed by atoms with E-state index in [1.54, 1.807) is 17.8 Å². The summed E-state index contributed by atoms with van der Waals surface area (Å²) in [6, 6.07) is 11.9. The van der Waals surface area contributed by atoms with E-state index < -0.39 is 0 Å². The van der Waals surface area contributed by atoms with Crippen LogP contribution in [0.5, 0.6) is 11.5 Å². The Hall–Kier alpha value is -1.52. The fraction of sp³-hybridized carbons (Fsp3) is 0.200. The molecule has 0 bridgehead atoms. The van der Waals surface area contributed by atoms with E-state index in [1.807, 2.05) is 37.4 Å². The SMILES string of the molecule is CSc1ccccc1Oc1ccc(F)cc1[C@H](C)N. The van der Waals surface area contributed by atoms with Crippen LogP contribution in [-0.4, -0.2) is 6.26 Å². The minimum absolute atomic E-state index is 0.285. The molecular formula is C15H16FNOS. The number of benzene rings is 2. The van der Waals surface area contributed by atoms with Gasteiger partial charge in [0.25, 0.3) is 0 Å². The van der Waals surface area contributed by atoms with Gasteiger partial charge in [0.1, 0.15) is 17.3 Å². The summed E-state index contributed by atoms with van der Waals surface area (Å²) >= 11 is 1.60. The van der Waals surface area contributed by atoms with Gasteiger partial charge in [-0.3, -0.25) is 0 Å². The van der Waals surface area contributed by atoms with Gasteiger partial charge in [0, 0.05) is 16.5 Å². The van der Waals surface area contributed by atoms with Gasteiger partial charge >= 0.3 is 0 Å². The molecule has 0 unspecified atom stereocenters. The van der Waals surface area contributed by atoms with Gasteiger partial charge in [-0.25, -0.2) is 4.39 Å². The molecule has 2 aromatic rings. The summed E-state index contributed by atoms with van der Waals surface area (Å²) in [5.74, 6) is 1.04. The van der Waals surface area contributed by atoms with Crippen molar-refractivity contribution in [3.8, 4) is 11.5 Å². The quantitative estimate of drug-likeness (QED) is 0.843. The first-order valence-corrected chi connectivity index (χ1v) is 7.20. The number of para-hydroxylation sites is 1. The molecule has 0 fully saturated rings. The molecule has 0 aliphatic rings. The van der Waals surface area contributed by atoms with Crippen molar-refractivity contribution < 1.29 is 9.13 Å². The number of nitrogens with two attached hydrogens (primary N) is 1. The zero-order valence-electron chi connectivity index (χ0n) is 10.9. The summed E-state index contributed by atoms with van der Waals surface area (Å²) in [6.07, 6.45) is 1.99. The van der Waals surface area contributed by atoms with E-state index in [9.17, 15) is 4.39 Å². The van der Waals surface area contributed by atoms with Crippen molar-refractivity contribution in [2.45, 2.75) is 17.9 Å². The smallest absolute Gasteiger partial charge is 0.140 e. The molecule has 0 saturated carbocycles. The standard InChI is InChI=1S/C15H16FNOS/c1-10(17)12-9-11(16)7-8-13(12)18-14-5-3-4-6-15(14)19-2/h3-10H,17H2,1-2H3/t10-/m0/s1. The molecule has 0 aliphatic carbocycles. The molecule has 0 saturated heterocycles. The van der Waals surface area contributed by atoms with Crippen molar-refractivity contribution in [1.82, 2.24) is 0 Å². The van der Waals surface area contributed by atoms with Gasteiger partial charge in [0.15, 0.2) is 0 Å². The van der Waals surface area contributed by atoms with Crippen molar-refractivity contribution in [1.29, 1.82) is 0 Å². The first-order valence-electron chi connectivity index (χ1n) is 5.97. The molecule has 2 aromatic carbocycles. The Labute approximate surface area is 116 Å². The largest absolute Gasteiger partial charge is 0.456 e. The van der Waals surface area contributed by atoms with Crippen molar-refractivity contribution >= 4 is 11.8 Å². The molecule has 0 amide bonds. The molecule has 2 N–H and O–H groups in total. The Bertz CT molecular complexity index is 572. The lowest BCUT2D eigenvalue weighted by molar-refractivity contribution is 0.459. The molecule has 0 radical (unpaired) electrons. The third kappa shape index (κ3) is 3.28. The van der Waals surface area contributed by atoms with E-state index in [0.29, 0.717) is 11.3 Å². The van der Waals surface area contributed by atoms with E-state index in [4.69, 9.17) is 10.5 Å². The Balaban J connectivity index is 2.38. The van der Waals surface area contributed by atoms with Crippen molar-refractivity contribution in [2.24, 2.45) is 5.73 Å². The van der Waals surface area contributed by atoms with Crippen LogP contribution >= 0.6 is 11.8 Å². The van der Waals surface area contributed by atoms with E-state index in [2.05, 4.69) is 0 Å². The Morgan fingerprint density at radius 3 is 2.58 bits per heavy atom. The molecule has 4 heteroatoms. The van der Waals surface area contributed by atoms with Crippen molar-refractivity contribution in [3.05, 3.63) is 53.8 Å². The van der Waals surface area contributed by atoms with E-state index >= 15 is 0 Å². The lowest BCUT2D eigenvalue weighted by Crippen LogP contribution is -2.07. The summed E-state index contributed by atoms with van der Waals surface area (Å²) in [4.78, 5) is 1.03. The molecular weight excluding hydrogens is 261 g/mol. The highest BCUT2D eigenvalue weighted by Crippen LogP contribution is 2.34. The number of hydrogen-bond donors (Lipinski definition) is 1. The molecule has 0 heterocycles. The molecule has 19 heavy (non-hydrogen) atoms. The lowest BCUT2D eigenvalue weighted by Gasteiger charge is -2.15. The van der Waals surface area contributed by atoms with Crippen LogP contribution in [0.25, 0.3) is 0 Å². The molecule has 0 spiro atoms. The topological polar surface area (TPSA) is 35.2 Å². The van der Waals surface area contributed by atoms with Crippen LogP contribution in [0.3, 0.4) is 0 Å². The normalized spacial score (nSPS) is 12.2. The van der Waals surface area contributed by atoms with Crippen LogP contribution in [0.2, 0.25) is 0 Å². The summed E-state index contributed by atoms with van der Waals surface area (Å²) in [6.45, 7) is 1.81. The fourth-order valence-corrected chi connectivity index (χ4v) is 2.32. The number of thioether (sulfide) groups is 1. The van der Waals surface area contributed by atoms with E-state index in [-0.39, 0.29) is 11.9 Å². The van der Waals surface area contributed by atoms with E-state index in [0.717, 1.165) is 10.6 Å². The zero-order valence-corrected chi connectivity index (χ0v) is 11.7. The molecule has 0 aromatic heterocycles. The van der Waals surface area contributed by atoms with Crippen molar-refractivity contribution in [2.75, 3.05) is 6.26 Å². The highest BCUT2D eigenvalue weighted by molar-refractivity contribution is 7.98. The molecule has 2 nitrogen and oxygen atoms in total. The second-order valence-electron chi connectivity index (χ2n) is 4.22. The first-order chi connectivity index (χ1) is 9.11. The Morgan fingerprint density at radius 2 is 1.89 bits per heavy atom. The third-order valence-electron chi connectivity index (χ3n) is 2.75. The fourth-order valence-electron chi connectivity index (χ4n) is 1.79. The molecule has 2 rings (SSSR count). The van der Waals surface area contributed by atoms with Crippen LogP contribution in [0.4, 0.5) is 4.39 Å². The maximum absolute atomic E-state index is 13.3. The predicted octanol–water partition coefficient (Wildman–Crippen LogP) is 4.36. The number of ether oxygens (including phenoxy) is 1. The van der Waals surface area contributed by atoms with Crippen LogP contribution in [-0.2, 0) is 0 Å². The van der Waals surface area contributed by atoms with Gasteiger partial charge < -0.3 is 10.5 Å². The first kappa shape index (κ1) is 13.9. The second-order valence-corrected chi connectivity index (χ2v) is 5.07. The van der Waals surface area contributed by atoms with Crippen LogP contribution in [0.15, 0.2) is 47.4 Å². The number of rotatable bonds is 4. The zero-order chi connectivity index (χ0) is 13.8. The van der Waals surface area contributed by atoms with Crippen LogP contribution < -0.4 is 10.5 Å². The minimum atomic E-state index is -0.308. The van der Waals surface area contributed by atoms with E-state index in [1.165, 1.54) is 12.1 Å². The maximum Gasteiger partial charge on any atom is 0.140 e. The second kappa shape index (κ2) is 6.08. The lowest BCUT2D eigenvalue weighted by atomic mass is 10.1. The summed E-state index contributed by atoms with van der Waals surface area (Å²) in [7, 11) is 0. The summed E-state index contributed by atoms with van der Waals surface area (Å²) in [5.41, 5.74) is 6.52. The molecule has 0 aliphatic heterocycles. The van der Waals surface area contributed by atoms with Gasteiger partial charge in [-0.1, -0.05) is 12.1 Å². The number of halogens is 1. The maximum atomic E-state index is 13.3. The minimum Gasteiger partial charge on any atom is -0.456 e. The Kier molecular flexibility index (Phi) is 4.45. The predicted molar refractivity (Wildman–Crippen MR) is 77.3 cm³/mol. The van der Waals surface area contributed by atoms with Gasteiger partial charge in [0.2, 0.25) is 0 Å². The third-order valence-corrected chi connectivity index (χ3v) is 3.53. The van der Waals surface area contributed by atoms with Crippen molar-refractivity contribution in [3.63, 3.8) is 0 Å². The Morgan fingerprint density at radius 1 is 1.16 bits per heavy atom. The molecule has 1 atom stereocenters. The average Bonchev–Trinajstić information content (AvgIpc) is 2.41. The summed E-state index contributed by atoms with van der Waals surface area (Å²) < 4.78 is 19.2. The highest BCUT2D eigenvalue weighted by Gasteiger charge is 2.12. The van der Waals surface area contributed by atoms with Crippen LogP contribution in [0, 0.1) is 5.82 Å². The number of hydrogen-bond acceptors (Lipinski definition) is 3. The molecule has 100 valence electrons. The average molecular weight is 277 g/mol. The monoisotopic (exact) mass is 277 g/mol. The van der Waals surface area contributed by atoms with Gasteiger partial charge in [0.05, 0.1) is 0 Å². The summed E-state index contributed by atoms with van der Waals surface area (Å²) in [5, 5.41) is 0. The highest BCUT2D eigenvalue weighted by atomic mass is 32.2. The van der Waals surface area contributed by atoms with Gasteiger partial charge in [-0.15, -0.1) is 11.8 Å². The van der Waals surface area contributed by atoms with Gasteiger partial charge in [-0.2, -0.15) is 0 Å².